The van der Waals surface area contributed by atoms with Crippen molar-refractivity contribution in [2.45, 2.75) is 52.8 Å². The Labute approximate surface area is 180 Å². The van der Waals surface area contributed by atoms with E-state index in [1.54, 1.807) is 30.5 Å². The van der Waals surface area contributed by atoms with Crippen molar-refractivity contribution in [3.05, 3.63) is 63.3 Å². The van der Waals surface area contributed by atoms with Gasteiger partial charge in [-0.2, -0.15) is 10.2 Å². The van der Waals surface area contributed by atoms with Gasteiger partial charge in [0.25, 0.3) is 11.5 Å². The van der Waals surface area contributed by atoms with Crippen molar-refractivity contribution in [2.24, 2.45) is 5.10 Å². The summed E-state index contributed by atoms with van der Waals surface area (Å²) in [7, 11) is 0. The number of hydrogen-bond donors (Lipinski definition) is 1. The van der Waals surface area contributed by atoms with E-state index >= 15 is 0 Å². The first kappa shape index (κ1) is 21.0. The highest BCUT2D eigenvalue weighted by molar-refractivity contribution is 6.05. The first-order chi connectivity index (χ1) is 15.0. The molecule has 1 aliphatic rings. The molecule has 0 saturated carbocycles. The first-order valence-corrected chi connectivity index (χ1v) is 10.6. The lowest BCUT2D eigenvalue weighted by Gasteiger charge is -2.14. The quantitative estimate of drug-likeness (QED) is 0.489. The molecule has 1 atom stereocenters. The number of aryl methyl sites for hydroxylation is 2. The minimum Gasteiger partial charge on any atom is -0.376 e. The topological polar surface area (TPSA) is 90.5 Å². The number of hydrazone groups is 1. The van der Waals surface area contributed by atoms with Crippen molar-refractivity contribution >= 4 is 22.9 Å². The molecule has 8 heteroatoms. The van der Waals surface area contributed by atoms with Gasteiger partial charge in [0.15, 0.2) is 5.69 Å². The van der Waals surface area contributed by atoms with Crippen molar-refractivity contribution in [2.75, 3.05) is 6.61 Å². The van der Waals surface area contributed by atoms with Gasteiger partial charge in [0, 0.05) is 42.0 Å². The number of amides is 1. The highest BCUT2D eigenvalue weighted by atomic mass is 16.5. The highest BCUT2D eigenvalue weighted by Gasteiger charge is 2.19. The zero-order valence-corrected chi connectivity index (χ0v) is 18.1. The molecule has 3 aromatic rings. The van der Waals surface area contributed by atoms with Crippen LogP contribution in [0, 0.1) is 13.8 Å². The Kier molecular flexibility index (Phi) is 5.99. The Morgan fingerprint density at radius 3 is 2.81 bits per heavy atom. The van der Waals surface area contributed by atoms with Crippen LogP contribution in [0.25, 0.3) is 10.8 Å². The molecule has 2 aromatic heterocycles. The molecule has 8 nitrogen and oxygen atoms in total. The molecule has 3 heterocycles. The van der Waals surface area contributed by atoms with E-state index in [-0.39, 0.29) is 17.4 Å². The predicted octanol–water partition coefficient (Wildman–Crippen LogP) is 2.78. The summed E-state index contributed by atoms with van der Waals surface area (Å²) >= 11 is 0. The summed E-state index contributed by atoms with van der Waals surface area (Å²) in [5, 5.41) is 9.37. The van der Waals surface area contributed by atoms with Gasteiger partial charge < -0.3 is 9.30 Å². The second kappa shape index (κ2) is 8.85. The maximum absolute atomic E-state index is 12.8. The third kappa shape index (κ3) is 4.16. The molecular formula is C23H27N5O3. The van der Waals surface area contributed by atoms with Crippen LogP contribution in [-0.4, -0.2) is 39.2 Å². The molecule has 4 rings (SSSR count). The van der Waals surface area contributed by atoms with Gasteiger partial charge >= 0.3 is 0 Å². The molecule has 0 bridgehead atoms. The Hall–Kier alpha value is -3.26. The van der Waals surface area contributed by atoms with Crippen LogP contribution >= 0.6 is 0 Å². The molecule has 0 radical (unpaired) electrons. The molecule has 1 fully saturated rings. The van der Waals surface area contributed by atoms with Crippen molar-refractivity contribution in [1.29, 1.82) is 0 Å². The molecule has 1 amide bonds. The highest BCUT2D eigenvalue weighted by Crippen LogP contribution is 2.19. The second-order valence-electron chi connectivity index (χ2n) is 7.79. The van der Waals surface area contributed by atoms with Crippen LogP contribution in [0.5, 0.6) is 0 Å². The minimum absolute atomic E-state index is 0.179. The number of ether oxygens (including phenoxy) is 1. The average Bonchev–Trinajstić information content (AvgIpc) is 3.38. The number of nitrogens with one attached hydrogen (secondary N) is 1. The fraction of sp³-hybridized carbons (Fsp3) is 0.391. The van der Waals surface area contributed by atoms with Crippen molar-refractivity contribution in [3.8, 4) is 0 Å². The number of carbonyl (C=O) groups excluding carboxylic acids is 1. The van der Waals surface area contributed by atoms with Crippen LogP contribution in [0.3, 0.4) is 0 Å². The van der Waals surface area contributed by atoms with E-state index in [0.717, 1.165) is 42.9 Å². The fourth-order valence-electron chi connectivity index (χ4n) is 4.06. The van der Waals surface area contributed by atoms with E-state index in [1.165, 1.54) is 4.68 Å². The SMILES string of the molecule is CCn1nc(C(=O)N/N=C\c2cc(C)n(C[C@H]3CCCO3)c2C)c2ccccc2c1=O. The van der Waals surface area contributed by atoms with E-state index in [1.807, 2.05) is 19.9 Å². The van der Waals surface area contributed by atoms with E-state index < -0.39 is 5.91 Å². The Morgan fingerprint density at radius 1 is 1.32 bits per heavy atom. The van der Waals surface area contributed by atoms with Gasteiger partial charge in [0.1, 0.15) is 0 Å². The summed E-state index contributed by atoms with van der Waals surface area (Å²) in [6.07, 6.45) is 4.09. The number of benzene rings is 1. The van der Waals surface area contributed by atoms with Crippen LogP contribution in [0.4, 0.5) is 0 Å². The fourth-order valence-corrected chi connectivity index (χ4v) is 4.06. The molecule has 1 aliphatic heterocycles. The molecular weight excluding hydrogens is 394 g/mol. The van der Waals surface area contributed by atoms with Crippen LogP contribution in [0.15, 0.2) is 40.2 Å². The van der Waals surface area contributed by atoms with Gasteiger partial charge in [-0.15, -0.1) is 0 Å². The zero-order valence-electron chi connectivity index (χ0n) is 18.1. The van der Waals surface area contributed by atoms with Crippen LogP contribution in [-0.2, 0) is 17.8 Å². The number of aromatic nitrogens is 3. The molecule has 0 aliphatic carbocycles. The maximum Gasteiger partial charge on any atom is 0.292 e. The van der Waals surface area contributed by atoms with Gasteiger partial charge in [-0.25, -0.2) is 10.1 Å². The second-order valence-corrected chi connectivity index (χ2v) is 7.79. The number of fused-ring (bicyclic) bond motifs is 1. The smallest absolute Gasteiger partial charge is 0.292 e. The number of rotatable bonds is 6. The summed E-state index contributed by atoms with van der Waals surface area (Å²) in [4.78, 5) is 25.2. The van der Waals surface area contributed by atoms with E-state index in [4.69, 9.17) is 4.74 Å². The van der Waals surface area contributed by atoms with Crippen molar-refractivity contribution in [1.82, 2.24) is 19.8 Å². The predicted molar refractivity (Wildman–Crippen MR) is 120 cm³/mol. The third-order valence-electron chi connectivity index (χ3n) is 5.78. The normalized spacial score (nSPS) is 16.4. The monoisotopic (exact) mass is 421 g/mol. The van der Waals surface area contributed by atoms with Crippen LogP contribution in [0.1, 0.15) is 47.2 Å². The molecule has 162 valence electrons. The Bertz CT molecular complexity index is 1200. The maximum atomic E-state index is 12.8. The summed E-state index contributed by atoms with van der Waals surface area (Å²) in [6, 6.07) is 9.03. The Morgan fingerprint density at radius 2 is 2.10 bits per heavy atom. The summed E-state index contributed by atoms with van der Waals surface area (Å²) in [5.74, 6) is -0.456. The van der Waals surface area contributed by atoms with E-state index in [9.17, 15) is 9.59 Å². The van der Waals surface area contributed by atoms with Gasteiger partial charge in [0.05, 0.1) is 17.7 Å². The van der Waals surface area contributed by atoms with Gasteiger partial charge in [-0.3, -0.25) is 9.59 Å². The molecule has 1 saturated heterocycles. The summed E-state index contributed by atoms with van der Waals surface area (Å²) in [5.41, 5.74) is 5.67. The number of hydrogen-bond acceptors (Lipinski definition) is 5. The molecule has 0 unspecified atom stereocenters. The summed E-state index contributed by atoms with van der Waals surface area (Å²) in [6.45, 7) is 7.95. The van der Waals surface area contributed by atoms with Gasteiger partial charge in [-0.05, 0) is 45.7 Å². The Balaban J connectivity index is 1.54. The molecule has 31 heavy (non-hydrogen) atoms. The lowest BCUT2D eigenvalue weighted by atomic mass is 10.1. The van der Waals surface area contributed by atoms with E-state index in [0.29, 0.717) is 17.3 Å². The molecule has 0 spiro atoms. The lowest BCUT2D eigenvalue weighted by molar-refractivity contribution is 0.0949. The van der Waals surface area contributed by atoms with Gasteiger partial charge in [0.2, 0.25) is 0 Å². The first-order valence-electron chi connectivity index (χ1n) is 10.6. The van der Waals surface area contributed by atoms with Crippen molar-refractivity contribution in [3.63, 3.8) is 0 Å². The van der Waals surface area contributed by atoms with Crippen LogP contribution < -0.4 is 11.0 Å². The standard InChI is InChI=1S/C23H27N5O3/c1-4-28-23(30)20-10-6-5-9-19(20)21(26-28)22(29)25-24-13-17-12-15(2)27(16(17)3)14-18-8-7-11-31-18/h5-6,9-10,12-13,18H,4,7-8,11,14H2,1-3H3,(H,25,29)/b24-13-/t18-/m1/s1. The number of nitrogens with zero attached hydrogens (tertiary/aromatic N) is 4. The van der Waals surface area contributed by atoms with Crippen LogP contribution in [0.2, 0.25) is 0 Å². The van der Waals surface area contributed by atoms with E-state index in [2.05, 4.69) is 27.1 Å². The minimum atomic E-state index is -0.456. The van der Waals surface area contributed by atoms with Crippen molar-refractivity contribution < 1.29 is 9.53 Å². The third-order valence-corrected chi connectivity index (χ3v) is 5.78. The summed E-state index contributed by atoms with van der Waals surface area (Å²) < 4.78 is 9.28. The molecule has 1 N–H and O–H groups in total. The zero-order chi connectivity index (χ0) is 22.0. The number of carbonyl (C=O) groups is 1. The van der Waals surface area contributed by atoms with Gasteiger partial charge in [-0.1, -0.05) is 18.2 Å². The largest absolute Gasteiger partial charge is 0.376 e. The average molecular weight is 422 g/mol. The molecule has 1 aromatic carbocycles. The lowest BCUT2D eigenvalue weighted by Crippen LogP contribution is -2.28.